The summed E-state index contributed by atoms with van der Waals surface area (Å²) in [7, 11) is 1.32. The van der Waals surface area contributed by atoms with E-state index in [1.165, 1.54) is 13.2 Å². The highest BCUT2D eigenvalue weighted by Crippen LogP contribution is 2.23. The molecule has 0 aliphatic rings. The van der Waals surface area contributed by atoms with Crippen LogP contribution in [0, 0.1) is 10.1 Å². The molecule has 0 saturated carbocycles. The summed E-state index contributed by atoms with van der Waals surface area (Å²) in [4.78, 5) is 21.4. The Morgan fingerprint density at radius 2 is 2.05 bits per heavy atom. The van der Waals surface area contributed by atoms with E-state index in [1.54, 1.807) is 29.6 Å². The van der Waals surface area contributed by atoms with E-state index in [0.29, 0.717) is 11.3 Å². The molecule has 0 bridgehead atoms. The van der Waals surface area contributed by atoms with Crippen LogP contribution in [0.2, 0.25) is 0 Å². The zero-order chi connectivity index (χ0) is 14.5. The van der Waals surface area contributed by atoms with Crippen LogP contribution in [0.4, 0.5) is 5.00 Å². The summed E-state index contributed by atoms with van der Waals surface area (Å²) < 4.78 is 10.1. The van der Waals surface area contributed by atoms with Crippen LogP contribution in [-0.2, 0) is 11.3 Å². The second-order valence-electron chi connectivity index (χ2n) is 3.85. The first-order chi connectivity index (χ1) is 9.60. The Morgan fingerprint density at radius 1 is 1.35 bits per heavy atom. The van der Waals surface area contributed by atoms with E-state index in [1.807, 2.05) is 0 Å². The summed E-state index contributed by atoms with van der Waals surface area (Å²) in [5, 5.41) is 12.3. The maximum atomic E-state index is 11.2. The number of hydrogen-bond donors (Lipinski definition) is 0. The van der Waals surface area contributed by atoms with Gasteiger partial charge in [-0.25, -0.2) is 4.79 Å². The lowest BCUT2D eigenvalue weighted by Gasteiger charge is -2.05. The number of carbonyl (C=O) groups is 1. The molecule has 0 fully saturated rings. The Morgan fingerprint density at radius 3 is 2.60 bits per heavy atom. The highest BCUT2D eigenvalue weighted by molar-refractivity contribution is 7.13. The summed E-state index contributed by atoms with van der Waals surface area (Å²) in [5.74, 6) is 0.163. The van der Waals surface area contributed by atoms with Gasteiger partial charge in [0.2, 0.25) is 0 Å². The lowest BCUT2D eigenvalue weighted by molar-refractivity contribution is -0.380. The van der Waals surface area contributed by atoms with Crippen molar-refractivity contribution in [2.45, 2.75) is 6.61 Å². The fraction of sp³-hybridized carbons (Fsp3) is 0.154. The Kier molecular flexibility index (Phi) is 4.31. The van der Waals surface area contributed by atoms with Crippen molar-refractivity contribution in [2.24, 2.45) is 0 Å². The summed E-state index contributed by atoms with van der Waals surface area (Å²) in [6, 6.07) is 7.96. The number of rotatable bonds is 5. The fourth-order valence-corrected chi connectivity index (χ4v) is 2.22. The predicted molar refractivity (Wildman–Crippen MR) is 73.1 cm³/mol. The molecule has 1 aromatic heterocycles. The van der Waals surface area contributed by atoms with Crippen LogP contribution in [-0.4, -0.2) is 18.0 Å². The lowest BCUT2D eigenvalue weighted by atomic mass is 10.2. The summed E-state index contributed by atoms with van der Waals surface area (Å²) in [6.07, 6.45) is 0. The molecule has 0 aliphatic carbocycles. The molecular weight excluding hydrogens is 282 g/mol. The number of ether oxygens (including phenoxy) is 2. The van der Waals surface area contributed by atoms with Crippen molar-refractivity contribution in [3.05, 3.63) is 57.0 Å². The van der Waals surface area contributed by atoms with Gasteiger partial charge in [-0.2, -0.15) is 0 Å². The second-order valence-corrected chi connectivity index (χ2v) is 4.74. The Labute approximate surface area is 118 Å². The Balaban J connectivity index is 1.96. The van der Waals surface area contributed by atoms with E-state index in [2.05, 4.69) is 4.74 Å². The molecule has 104 valence electrons. The minimum Gasteiger partial charge on any atom is -0.489 e. The van der Waals surface area contributed by atoms with Crippen LogP contribution in [0.1, 0.15) is 15.9 Å². The van der Waals surface area contributed by atoms with Crippen molar-refractivity contribution in [1.82, 2.24) is 0 Å². The first-order valence-corrected chi connectivity index (χ1v) is 6.51. The summed E-state index contributed by atoms with van der Waals surface area (Å²) in [5.41, 5.74) is 1.17. The number of nitrogens with zero attached hydrogens (tertiary/aromatic N) is 1. The molecule has 0 N–H and O–H groups in total. The molecule has 2 rings (SSSR count). The standard InChI is InChI=1S/C13H11NO5S/c1-18-13(15)10-2-4-11(5-3-10)19-7-9-6-12(14(16)17)20-8-9/h2-6,8H,7H2,1H3. The molecule has 0 spiro atoms. The smallest absolute Gasteiger partial charge is 0.337 e. The first kappa shape index (κ1) is 14.0. The molecule has 0 saturated heterocycles. The van der Waals surface area contributed by atoms with Crippen molar-refractivity contribution < 1.29 is 19.2 Å². The van der Waals surface area contributed by atoms with Crippen LogP contribution in [0.3, 0.4) is 0 Å². The Hall–Kier alpha value is -2.41. The Bertz CT molecular complexity index is 620. The third kappa shape index (κ3) is 3.33. The molecule has 0 aliphatic heterocycles. The third-order valence-corrected chi connectivity index (χ3v) is 3.43. The molecule has 7 heteroatoms. The average Bonchev–Trinajstić information content (AvgIpc) is 2.94. The van der Waals surface area contributed by atoms with Crippen LogP contribution in [0.15, 0.2) is 35.7 Å². The van der Waals surface area contributed by atoms with Gasteiger partial charge in [-0.1, -0.05) is 11.3 Å². The monoisotopic (exact) mass is 293 g/mol. The quantitative estimate of drug-likeness (QED) is 0.481. The molecule has 0 atom stereocenters. The molecular formula is C13H11NO5S. The van der Waals surface area contributed by atoms with Crippen LogP contribution >= 0.6 is 11.3 Å². The molecule has 20 heavy (non-hydrogen) atoms. The zero-order valence-electron chi connectivity index (χ0n) is 10.6. The van der Waals surface area contributed by atoms with E-state index >= 15 is 0 Å². The molecule has 2 aromatic rings. The number of carbonyl (C=O) groups excluding carboxylic acids is 1. The van der Waals surface area contributed by atoms with Crippen molar-refractivity contribution in [2.75, 3.05) is 7.11 Å². The van der Waals surface area contributed by atoms with Gasteiger partial charge in [-0.3, -0.25) is 10.1 Å². The molecule has 0 unspecified atom stereocenters. The minimum absolute atomic E-state index is 0.0876. The fourth-order valence-electron chi connectivity index (χ4n) is 1.51. The SMILES string of the molecule is COC(=O)c1ccc(OCc2csc([N+](=O)[O-])c2)cc1. The number of hydrogen-bond acceptors (Lipinski definition) is 6. The average molecular weight is 293 g/mol. The number of esters is 1. The van der Waals surface area contributed by atoms with Gasteiger partial charge in [0.15, 0.2) is 0 Å². The summed E-state index contributed by atoms with van der Waals surface area (Å²) >= 11 is 1.06. The van der Waals surface area contributed by atoms with Crippen molar-refractivity contribution >= 4 is 22.3 Å². The molecule has 0 amide bonds. The maximum absolute atomic E-state index is 11.2. The van der Waals surface area contributed by atoms with Crippen molar-refractivity contribution in [3.63, 3.8) is 0 Å². The van der Waals surface area contributed by atoms with Gasteiger partial charge in [0.25, 0.3) is 0 Å². The second kappa shape index (κ2) is 6.16. The molecule has 1 heterocycles. The lowest BCUT2D eigenvalue weighted by Crippen LogP contribution is -2.01. The van der Waals surface area contributed by atoms with Gasteiger partial charge in [-0.05, 0) is 24.3 Å². The molecule has 0 radical (unpaired) electrons. The van der Waals surface area contributed by atoms with Gasteiger partial charge in [-0.15, -0.1) is 0 Å². The van der Waals surface area contributed by atoms with E-state index in [4.69, 9.17) is 4.74 Å². The highest BCUT2D eigenvalue weighted by atomic mass is 32.1. The van der Waals surface area contributed by atoms with Gasteiger partial charge >= 0.3 is 11.0 Å². The highest BCUT2D eigenvalue weighted by Gasteiger charge is 2.10. The summed E-state index contributed by atoms with van der Waals surface area (Å²) in [6.45, 7) is 0.238. The van der Waals surface area contributed by atoms with Gasteiger partial charge < -0.3 is 9.47 Å². The number of nitro groups is 1. The number of thiophene rings is 1. The predicted octanol–water partition coefficient (Wildman–Crippen LogP) is 3.02. The maximum Gasteiger partial charge on any atom is 0.337 e. The molecule has 1 aromatic carbocycles. The van der Waals surface area contributed by atoms with Crippen LogP contribution < -0.4 is 4.74 Å². The van der Waals surface area contributed by atoms with Crippen molar-refractivity contribution in [1.29, 1.82) is 0 Å². The van der Waals surface area contributed by atoms with Gasteiger partial charge in [0, 0.05) is 17.0 Å². The van der Waals surface area contributed by atoms with E-state index in [9.17, 15) is 14.9 Å². The van der Waals surface area contributed by atoms with Gasteiger partial charge in [0.05, 0.1) is 17.6 Å². The topological polar surface area (TPSA) is 78.7 Å². The number of benzene rings is 1. The zero-order valence-corrected chi connectivity index (χ0v) is 11.4. The minimum atomic E-state index is -0.431. The van der Waals surface area contributed by atoms with Crippen LogP contribution in [0.25, 0.3) is 0 Å². The largest absolute Gasteiger partial charge is 0.489 e. The van der Waals surface area contributed by atoms with Crippen LogP contribution in [0.5, 0.6) is 5.75 Å². The van der Waals surface area contributed by atoms with Gasteiger partial charge in [0.1, 0.15) is 12.4 Å². The first-order valence-electron chi connectivity index (χ1n) is 5.63. The van der Waals surface area contributed by atoms with E-state index in [0.717, 1.165) is 16.9 Å². The van der Waals surface area contributed by atoms with E-state index < -0.39 is 10.9 Å². The van der Waals surface area contributed by atoms with Crippen molar-refractivity contribution in [3.8, 4) is 5.75 Å². The normalized spacial score (nSPS) is 10.1. The molecule has 6 nitrogen and oxygen atoms in total. The third-order valence-electron chi connectivity index (χ3n) is 2.50. The van der Waals surface area contributed by atoms with E-state index in [-0.39, 0.29) is 11.6 Å². The number of methoxy groups -OCH3 is 1.